The van der Waals surface area contributed by atoms with Gasteiger partial charge in [-0.05, 0) is 104 Å². The molecule has 0 saturated carbocycles. The topological polar surface area (TPSA) is 126 Å². The summed E-state index contributed by atoms with van der Waals surface area (Å²) in [5, 5.41) is 0. The number of nitrogens with one attached hydrogen (secondary N) is 2. The van der Waals surface area contributed by atoms with Crippen LogP contribution in [0.15, 0.2) is 60.9 Å². The second-order valence-electron chi connectivity index (χ2n) is 14.2. The van der Waals surface area contributed by atoms with Crippen LogP contribution in [-0.2, 0) is 9.47 Å². The summed E-state index contributed by atoms with van der Waals surface area (Å²) in [4.78, 5) is 45.2. The molecule has 0 bridgehead atoms. The maximum atomic E-state index is 12.8. The number of carbonyl (C=O) groups excluding carboxylic acids is 2. The van der Waals surface area contributed by atoms with Crippen molar-refractivity contribution in [1.82, 2.24) is 29.7 Å². The van der Waals surface area contributed by atoms with Gasteiger partial charge in [-0.2, -0.15) is 0 Å². The number of aromatic nitrogens is 4. The van der Waals surface area contributed by atoms with Crippen molar-refractivity contribution in [1.29, 1.82) is 0 Å². The van der Waals surface area contributed by atoms with Crippen molar-refractivity contribution in [2.45, 2.75) is 90.5 Å². The van der Waals surface area contributed by atoms with Crippen molar-refractivity contribution in [3.8, 4) is 34.0 Å². The molecule has 4 aromatic rings. The van der Waals surface area contributed by atoms with Crippen LogP contribution in [0.3, 0.4) is 0 Å². The predicted octanol–water partition coefficient (Wildman–Crippen LogP) is 8.40. The van der Waals surface area contributed by atoms with E-state index in [0.29, 0.717) is 24.6 Å². The highest BCUT2D eigenvalue weighted by molar-refractivity contribution is 5.70. The fourth-order valence-corrected chi connectivity index (χ4v) is 6.04. The molecule has 2 aliphatic rings. The minimum absolute atomic E-state index is 0.137. The average molecular weight is 641 g/mol. The van der Waals surface area contributed by atoms with Crippen LogP contribution in [0.1, 0.15) is 91.0 Å². The van der Waals surface area contributed by atoms with Crippen LogP contribution in [0.2, 0.25) is 0 Å². The van der Waals surface area contributed by atoms with Crippen LogP contribution >= 0.6 is 0 Å². The first-order valence-corrected chi connectivity index (χ1v) is 16.3. The third kappa shape index (κ3) is 7.61. The van der Waals surface area contributed by atoms with E-state index in [1.54, 1.807) is 16.0 Å². The van der Waals surface area contributed by atoms with E-state index >= 15 is 0 Å². The number of benzene rings is 2. The van der Waals surface area contributed by atoms with Gasteiger partial charge in [-0.1, -0.05) is 12.1 Å². The standard InChI is InChI=1S/C36H44N6O5/c1-35(2,3)46-33(43)41-18-8-12-29(41)31-37-21-27(39-31)23-14-16-25(17-15-23)45-26-11-7-10-24(20-26)28-22-38-32(40-28)30-13-9-19-42(30)34(44)47-36(4,5)6/h7,10-11,14-17,20-22,29-30H,8-9,12-13,18-19H2,1-6H3,(H,37,39)(H,38,40)/t29-,30?/m0/s1. The van der Waals surface area contributed by atoms with Gasteiger partial charge in [0, 0.05) is 30.4 Å². The van der Waals surface area contributed by atoms with E-state index in [1.807, 2.05) is 96.3 Å². The molecular weight excluding hydrogens is 596 g/mol. The number of nitrogens with zero attached hydrogens (tertiary/aromatic N) is 4. The summed E-state index contributed by atoms with van der Waals surface area (Å²) in [6.45, 7) is 12.5. The van der Waals surface area contributed by atoms with Crippen molar-refractivity contribution in [3.05, 3.63) is 72.6 Å². The molecule has 0 aliphatic carbocycles. The minimum atomic E-state index is -0.552. The molecule has 4 heterocycles. The first kappa shape index (κ1) is 32.2. The number of imidazole rings is 2. The summed E-state index contributed by atoms with van der Waals surface area (Å²) in [7, 11) is 0. The lowest BCUT2D eigenvalue weighted by Crippen LogP contribution is -2.36. The molecule has 47 heavy (non-hydrogen) atoms. The van der Waals surface area contributed by atoms with Crippen LogP contribution in [0.4, 0.5) is 9.59 Å². The van der Waals surface area contributed by atoms with Crippen molar-refractivity contribution in [2.24, 2.45) is 0 Å². The Bertz CT molecular complexity index is 1710. The van der Waals surface area contributed by atoms with Crippen molar-refractivity contribution in [2.75, 3.05) is 13.1 Å². The summed E-state index contributed by atoms with van der Waals surface area (Å²) in [6.07, 6.45) is 6.51. The van der Waals surface area contributed by atoms with E-state index < -0.39 is 11.2 Å². The van der Waals surface area contributed by atoms with E-state index in [9.17, 15) is 9.59 Å². The summed E-state index contributed by atoms with van der Waals surface area (Å²) in [6, 6.07) is 15.3. The molecule has 11 nitrogen and oxygen atoms in total. The Labute approximate surface area is 275 Å². The van der Waals surface area contributed by atoms with Gasteiger partial charge >= 0.3 is 12.2 Å². The molecule has 1 unspecified atom stereocenters. The zero-order valence-corrected chi connectivity index (χ0v) is 28.0. The summed E-state index contributed by atoms with van der Waals surface area (Å²) >= 11 is 0. The SMILES string of the molecule is CC(C)(C)OC(=O)N1CCCC1c1ncc(-c2cccc(Oc3ccc(-c4c[nH]c([C@@H]5CCCN5C(=O)OC(C)(C)C)n4)cc3)c2)[nH]1. The Morgan fingerprint density at radius 3 is 2.02 bits per heavy atom. The highest BCUT2D eigenvalue weighted by atomic mass is 16.6. The summed E-state index contributed by atoms with van der Waals surface area (Å²) < 4.78 is 17.4. The molecular formula is C36H44N6O5. The highest BCUT2D eigenvalue weighted by Gasteiger charge is 2.36. The van der Waals surface area contributed by atoms with Crippen LogP contribution < -0.4 is 4.74 Å². The quantitative estimate of drug-likeness (QED) is 0.217. The number of ether oxygens (including phenoxy) is 3. The van der Waals surface area contributed by atoms with Crippen LogP contribution in [0.25, 0.3) is 22.5 Å². The largest absolute Gasteiger partial charge is 0.457 e. The molecule has 6 rings (SSSR count). The molecule has 0 spiro atoms. The third-order valence-electron chi connectivity index (χ3n) is 8.12. The smallest absolute Gasteiger partial charge is 0.410 e. The number of H-pyrrole nitrogens is 2. The van der Waals surface area contributed by atoms with Crippen LogP contribution in [-0.4, -0.2) is 66.2 Å². The second-order valence-corrected chi connectivity index (χ2v) is 14.2. The zero-order valence-electron chi connectivity index (χ0n) is 28.0. The van der Waals surface area contributed by atoms with Gasteiger partial charge in [0.25, 0.3) is 0 Å². The van der Waals surface area contributed by atoms with E-state index in [4.69, 9.17) is 19.2 Å². The molecule has 2 N–H and O–H groups in total. The maximum Gasteiger partial charge on any atom is 0.410 e. The molecule has 2 amide bonds. The van der Waals surface area contributed by atoms with Crippen molar-refractivity contribution < 1.29 is 23.8 Å². The Morgan fingerprint density at radius 2 is 1.40 bits per heavy atom. The highest BCUT2D eigenvalue weighted by Crippen LogP contribution is 2.35. The minimum Gasteiger partial charge on any atom is -0.457 e. The lowest BCUT2D eigenvalue weighted by atomic mass is 10.1. The maximum absolute atomic E-state index is 12.8. The van der Waals surface area contributed by atoms with E-state index in [2.05, 4.69) is 15.0 Å². The fraction of sp³-hybridized carbons (Fsp3) is 0.444. The Morgan fingerprint density at radius 1 is 0.787 bits per heavy atom. The second kappa shape index (κ2) is 12.8. The number of rotatable bonds is 6. The van der Waals surface area contributed by atoms with E-state index in [-0.39, 0.29) is 24.3 Å². The third-order valence-corrected chi connectivity index (χ3v) is 8.12. The Balaban J connectivity index is 1.10. The summed E-state index contributed by atoms with van der Waals surface area (Å²) in [5.74, 6) is 2.89. The number of hydrogen-bond donors (Lipinski definition) is 2. The lowest BCUT2D eigenvalue weighted by Gasteiger charge is -2.27. The normalized spacial score (nSPS) is 18.4. The molecule has 2 saturated heterocycles. The van der Waals surface area contributed by atoms with Gasteiger partial charge in [0.15, 0.2) is 0 Å². The Kier molecular flexibility index (Phi) is 8.74. The van der Waals surface area contributed by atoms with Crippen LogP contribution in [0.5, 0.6) is 11.5 Å². The van der Waals surface area contributed by atoms with E-state index in [1.165, 1.54) is 0 Å². The zero-order chi connectivity index (χ0) is 33.3. The van der Waals surface area contributed by atoms with Crippen molar-refractivity contribution in [3.63, 3.8) is 0 Å². The molecule has 11 heteroatoms. The van der Waals surface area contributed by atoms with Gasteiger partial charge in [0.1, 0.15) is 34.3 Å². The first-order chi connectivity index (χ1) is 22.3. The number of aromatic amines is 2. The van der Waals surface area contributed by atoms with E-state index in [0.717, 1.165) is 59.8 Å². The van der Waals surface area contributed by atoms with Gasteiger partial charge in [-0.25, -0.2) is 19.6 Å². The molecule has 2 aromatic carbocycles. The number of hydrogen-bond acceptors (Lipinski definition) is 7. The molecule has 0 radical (unpaired) electrons. The number of amides is 2. The monoisotopic (exact) mass is 640 g/mol. The molecule has 248 valence electrons. The van der Waals surface area contributed by atoms with Gasteiger partial charge in [0.05, 0.1) is 29.7 Å². The average Bonchev–Trinajstić information content (AvgIpc) is 3.82. The number of likely N-dealkylation sites (tertiary alicyclic amines) is 2. The molecule has 2 aliphatic heterocycles. The predicted molar refractivity (Wildman–Crippen MR) is 178 cm³/mol. The first-order valence-electron chi connectivity index (χ1n) is 16.3. The van der Waals surface area contributed by atoms with Gasteiger partial charge in [0.2, 0.25) is 0 Å². The fourth-order valence-electron chi connectivity index (χ4n) is 6.04. The molecule has 2 fully saturated rings. The van der Waals surface area contributed by atoms with Gasteiger partial charge < -0.3 is 24.2 Å². The van der Waals surface area contributed by atoms with Crippen molar-refractivity contribution >= 4 is 12.2 Å². The number of carbonyl (C=O) groups is 2. The van der Waals surface area contributed by atoms with Gasteiger partial charge in [-0.15, -0.1) is 0 Å². The molecule has 2 atom stereocenters. The lowest BCUT2D eigenvalue weighted by molar-refractivity contribution is 0.0208. The Hall–Kier alpha value is -4.80. The van der Waals surface area contributed by atoms with Crippen LogP contribution in [0, 0.1) is 0 Å². The molecule has 2 aromatic heterocycles. The van der Waals surface area contributed by atoms with Gasteiger partial charge in [-0.3, -0.25) is 9.80 Å². The summed E-state index contributed by atoms with van der Waals surface area (Å²) in [5.41, 5.74) is 2.41.